The molecule has 0 amide bonds. The minimum Gasteiger partial charge on any atom is -0.497 e. The Hall–Kier alpha value is -1.02. The van der Waals surface area contributed by atoms with Crippen molar-refractivity contribution >= 4 is 35.6 Å². The lowest BCUT2D eigenvalue weighted by Crippen LogP contribution is -2.31. The van der Waals surface area contributed by atoms with Crippen LogP contribution in [0.4, 0.5) is 5.69 Å². The maximum absolute atomic E-state index is 10.2. The van der Waals surface area contributed by atoms with Crippen molar-refractivity contribution in [2.75, 3.05) is 19.0 Å². The molecule has 1 aliphatic carbocycles. The molecule has 0 aromatic heterocycles. The minimum absolute atomic E-state index is 0. The van der Waals surface area contributed by atoms with Gasteiger partial charge in [-0.3, -0.25) is 4.99 Å². The highest BCUT2D eigenvalue weighted by molar-refractivity contribution is 14.0. The molecule has 0 saturated heterocycles. The van der Waals surface area contributed by atoms with Crippen LogP contribution in [0.2, 0.25) is 0 Å². The summed E-state index contributed by atoms with van der Waals surface area (Å²) in [6.07, 6.45) is 3.76. The van der Waals surface area contributed by atoms with E-state index in [0.717, 1.165) is 37.1 Å². The summed E-state index contributed by atoms with van der Waals surface area (Å²) >= 11 is 0. The molecule has 2 rings (SSSR count). The summed E-state index contributed by atoms with van der Waals surface area (Å²) in [7, 11) is 1.63. The summed E-state index contributed by atoms with van der Waals surface area (Å²) in [4.78, 5) is 4.22. The molecule has 112 valence electrons. The molecule has 0 unspecified atom stereocenters. The molecule has 5 nitrogen and oxygen atoms in total. The van der Waals surface area contributed by atoms with E-state index in [4.69, 9.17) is 10.5 Å². The fraction of sp³-hybridized carbons (Fsp3) is 0.500. The van der Waals surface area contributed by atoms with Crippen molar-refractivity contribution < 1.29 is 9.84 Å². The number of hydrogen-bond acceptors (Lipinski definition) is 3. The van der Waals surface area contributed by atoms with Crippen LogP contribution in [0.1, 0.15) is 25.7 Å². The zero-order valence-corrected chi connectivity index (χ0v) is 14.0. The van der Waals surface area contributed by atoms with E-state index in [9.17, 15) is 5.11 Å². The molecule has 1 aromatic rings. The maximum Gasteiger partial charge on any atom is 0.193 e. The van der Waals surface area contributed by atoms with E-state index in [1.807, 2.05) is 24.3 Å². The molecule has 1 aliphatic rings. The van der Waals surface area contributed by atoms with Gasteiger partial charge in [-0.25, -0.2) is 0 Å². The molecule has 0 spiro atoms. The molecule has 20 heavy (non-hydrogen) atoms. The number of halogens is 1. The van der Waals surface area contributed by atoms with Crippen LogP contribution in [-0.4, -0.2) is 30.3 Å². The van der Waals surface area contributed by atoms with Gasteiger partial charge in [0.15, 0.2) is 5.96 Å². The maximum atomic E-state index is 10.2. The van der Waals surface area contributed by atoms with Gasteiger partial charge in [0, 0.05) is 5.69 Å². The first-order valence-electron chi connectivity index (χ1n) is 6.55. The lowest BCUT2D eigenvalue weighted by atomic mass is 10.0. The molecular formula is C14H22IN3O2. The van der Waals surface area contributed by atoms with Gasteiger partial charge in [0.2, 0.25) is 0 Å². The van der Waals surface area contributed by atoms with Gasteiger partial charge < -0.3 is 20.9 Å². The number of ether oxygens (including phenoxy) is 1. The Kier molecular flexibility index (Phi) is 6.54. The number of hydrogen-bond donors (Lipinski definition) is 3. The van der Waals surface area contributed by atoms with Crippen LogP contribution >= 0.6 is 24.0 Å². The first kappa shape index (κ1) is 17.0. The van der Waals surface area contributed by atoms with Gasteiger partial charge >= 0.3 is 0 Å². The number of aliphatic hydroxyl groups is 1. The largest absolute Gasteiger partial charge is 0.497 e. The van der Waals surface area contributed by atoms with Gasteiger partial charge in [-0.05, 0) is 37.1 Å². The average molecular weight is 391 g/mol. The molecule has 1 fully saturated rings. The fourth-order valence-corrected chi connectivity index (χ4v) is 2.29. The van der Waals surface area contributed by atoms with Gasteiger partial charge in [-0.1, -0.05) is 12.8 Å². The van der Waals surface area contributed by atoms with Crippen molar-refractivity contribution in [3.63, 3.8) is 0 Å². The number of nitrogens with one attached hydrogen (secondary N) is 1. The summed E-state index contributed by atoms with van der Waals surface area (Å²) in [6.45, 7) is 0.363. The second-order valence-corrected chi connectivity index (χ2v) is 4.99. The lowest BCUT2D eigenvalue weighted by molar-refractivity contribution is 0.0575. The van der Waals surface area contributed by atoms with Crippen LogP contribution in [0, 0.1) is 0 Å². The first-order valence-corrected chi connectivity index (χ1v) is 6.55. The Morgan fingerprint density at radius 3 is 2.50 bits per heavy atom. The van der Waals surface area contributed by atoms with Gasteiger partial charge in [0.05, 0.1) is 19.3 Å². The Balaban J connectivity index is 0.00000200. The number of nitrogens with zero attached hydrogens (tertiary/aromatic N) is 1. The number of rotatable bonds is 4. The highest BCUT2D eigenvalue weighted by Crippen LogP contribution is 2.29. The SMILES string of the molecule is COc1ccc(NC(N)=NCC2(O)CCCC2)cc1.I. The summed E-state index contributed by atoms with van der Waals surface area (Å²) in [5, 5.41) is 13.2. The molecule has 4 N–H and O–H groups in total. The normalized spacial score (nSPS) is 17.4. The predicted octanol–water partition coefficient (Wildman–Crippen LogP) is 2.34. The Morgan fingerprint density at radius 1 is 1.35 bits per heavy atom. The van der Waals surface area contributed by atoms with E-state index in [1.165, 1.54) is 0 Å². The molecule has 0 radical (unpaired) electrons. The van der Waals surface area contributed by atoms with Crippen molar-refractivity contribution in [3.05, 3.63) is 24.3 Å². The van der Waals surface area contributed by atoms with E-state index in [0.29, 0.717) is 12.5 Å². The zero-order valence-electron chi connectivity index (χ0n) is 11.6. The van der Waals surface area contributed by atoms with Gasteiger partial charge in [0.25, 0.3) is 0 Å². The van der Waals surface area contributed by atoms with Crippen LogP contribution in [0.5, 0.6) is 5.75 Å². The van der Waals surface area contributed by atoms with Crippen molar-refractivity contribution in [3.8, 4) is 5.75 Å². The predicted molar refractivity (Wildman–Crippen MR) is 91.9 cm³/mol. The summed E-state index contributed by atoms with van der Waals surface area (Å²) < 4.78 is 5.08. The number of guanidine groups is 1. The van der Waals surface area contributed by atoms with Crippen LogP contribution < -0.4 is 15.8 Å². The molecule has 1 saturated carbocycles. The number of methoxy groups -OCH3 is 1. The zero-order chi connectivity index (χ0) is 13.7. The highest BCUT2D eigenvalue weighted by Gasteiger charge is 2.30. The lowest BCUT2D eigenvalue weighted by Gasteiger charge is -2.19. The van der Waals surface area contributed by atoms with Crippen LogP contribution in [-0.2, 0) is 0 Å². The third-order valence-corrected chi connectivity index (χ3v) is 3.44. The number of aliphatic imine (C=N–C) groups is 1. The standard InChI is InChI=1S/C14H21N3O2.HI/c1-19-12-6-4-11(5-7-12)17-13(15)16-10-14(18)8-2-3-9-14;/h4-7,18H,2-3,8-10H2,1H3,(H3,15,16,17);1H. The molecular weight excluding hydrogens is 369 g/mol. The Labute approximate surface area is 136 Å². The van der Waals surface area contributed by atoms with Crippen molar-refractivity contribution in [1.29, 1.82) is 0 Å². The Bertz CT molecular complexity index is 442. The number of nitrogens with two attached hydrogens (primary N) is 1. The van der Waals surface area contributed by atoms with E-state index >= 15 is 0 Å². The molecule has 0 bridgehead atoms. The van der Waals surface area contributed by atoms with Crippen LogP contribution in [0.3, 0.4) is 0 Å². The van der Waals surface area contributed by atoms with Gasteiger partial charge in [-0.2, -0.15) is 0 Å². The second kappa shape index (κ2) is 7.68. The van der Waals surface area contributed by atoms with Crippen molar-refractivity contribution in [2.45, 2.75) is 31.3 Å². The van der Waals surface area contributed by atoms with E-state index < -0.39 is 5.60 Å². The van der Waals surface area contributed by atoms with Gasteiger partial charge in [0.1, 0.15) is 5.75 Å². The fourth-order valence-electron chi connectivity index (χ4n) is 2.29. The summed E-state index contributed by atoms with van der Waals surface area (Å²) in [6, 6.07) is 7.43. The number of anilines is 1. The first-order chi connectivity index (χ1) is 9.11. The molecule has 6 heteroatoms. The second-order valence-electron chi connectivity index (χ2n) is 4.99. The van der Waals surface area contributed by atoms with E-state index in [-0.39, 0.29) is 24.0 Å². The third-order valence-electron chi connectivity index (χ3n) is 3.44. The molecule has 0 aliphatic heterocycles. The smallest absolute Gasteiger partial charge is 0.193 e. The quantitative estimate of drug-likeness (QED) is 0.418. The van der Waals surface area contributed by atoms with E-state index in [1.54, 1.807) is 7.11 Å². The monoisotopic (exact) mass is 391 g/mol. The van der Waals surface area contributed by atoms with Crippen molar-refractivity contribution in [2.24, 2.45) is 10.7 Å². The van der Waals surface area contributed by atoms with Crippen LogP contribution in [0.25, 0.3) is 0 Å². The number of benzene rings is 1. The van der Waals surface area contributed by atoms with Crippen molar-refractivity contribution in [1.82, 2.24) is 0 Å². The summed E-state index contributed by atoms with van der Waals surface area (Å²) in [5.41, 5.74) is 6.00. The highest BCUT2D eigenvalue weighted by atomic mass is 127. The Morgan fingerprint density at radius 2 is 1.95 bits per heavy atom. The minimum atomic E-state index is -0.661. The molecule has 0 heterocycles. The van der Waals surface area contributed by atoms with Crippen LogP contribution in [0.15, 0.2) is 29.3 Å². The van der Waals surface area contributed by atoms with Gasteiger partial charge in [-0.15, -0.1) is 24.0 Å². The molecule has 1 aromatic carbocycles. The topological polar surface area (TPSA) is 79.9 Å². The molecule has 0 atom stereocenters. The van der Waals surface area contributed by atoms with E-state index in [2.05, 4.69) is 10.3 Å². The summed E-state index contributed by atoms with van der Waals surface area (Å²) in [5.74, 6) is 1.12. The average Bonchev–Trinajstić information content (AvgIpc) is 2.85. The third kappa shape index (κ3) is 4.82.